The van der Waals surface area contributed by atoms with Crippen molar-refractivity contribution in [2.75, 3.05) is 0 Å². The first-order valence-corrected chi connectivity index (χ1v) is 27.4. The second-order valence-corrected chi connectivity index (χ2v) is 22.3. The summed E-state index contributed by atoms with van der Waals surface area (Å²) in [5.41, 5.74) is 0.552. The van der Waals surface area contributed by atoms with Crippen LogP contribution in [0.15, 0.2) is 0 Å². The normalized spacial score (nSPS) is 14.9. The van der Waals surface area contributed by atoms with Crippen LogP contribution in [-0.4, -0.2) is 0 Å². The largest absolute Gasteiger partial charge is 0.0654 e. The molecular formula is C59H132. The van der Waals surface area contributed by atoms with Crippen molar-refractivity contribution in [1.29, 1.82) is 0 Å². The molecule has 0 bridgehead atoms. The van der Waals surface area contributed by atoms with Gasteiger partial charge in [-0.1, -0.05) is 308 Å². The standard InChI is InChI=1S/4C8H18.C7H14.2C7H16.C6H14/c1-5-8(4)6-7(2)3;1-5-6-7-8(2,3)4;1-5-7(3)8(4)6-2;1-4-6-7-8(3)5-2;1-7-5-3-2-4-6-7;1-4-5-6-7(2)3;1-4-6-7(3)5-2;1-5(2)6(3)4/h7-8H,5-6H2,1-4H3;5-7H2,1-4H3;7-8H,5-6H2,1-4H3;8H,4-7H2,1-3H3;7H,2-6H2,1H3;2*7H,4-6H2,1-3H3;5-6H,1-4H3. The summed E-state index contributed by atoms with van der Waals surface area (Å²) in [6.45, 7) is 59.2. The lowest BCUT2D eigenvalue weighted by molar-refractivity contribution is 0.363. The molecule has 0 aliphatic heterocycles. The second kappa shape index (κ2) is 56.0. The van der Waals surface area contributed by atoms with Crippen molar-refractivity contribution in [3.8, 4) is 0 Å². The summed E-state index contributed by atoms with van der Waals surface area (Å²) < 4.78 is 0. The fourth-order valence-electron chi connectivity index (χ4n) is 5.86. The molecule has 0 N–H and O–H groups in total. The fraction of sp³-hybridized carbons (Fsp3) is 1.00. The third-order valence-electron chi connectivity index (χ3n) is 12.7. The Balaban J connectivity index is -0.000000105. The minimum absolute atomic E-state index is 0.552. The molecule has 368 valence electrons. The van der Waals surface area contributed by atoms with E-state index in [0.717, 1.165) is 59.2 Å². The van der Waals surface area contributed by atoms with Gasteiger partial charge < -0.3 is 0 Å². The van der Waals surface area contributed by atoms with Crippen LogP contribution in [0.4, 0.5) is 0 Å². The average Bonchev–Trinajstić information content (AvgIpc) is 3.19. The summed E-state index contributed by atoms with van der Waals surface area (Å²) in [6, 6.07) is 0. The van der Waals surface area contributed by atoms with Crippen molar-refractivity contribution in [2.45, 2.75) is 321 Å². The first-order valence-electron chi connectivity index (χ1n) is 27.4. The van der Waals surface area contributed by atoms with Gasteiger partial charge in [0.15, 0.2) is 0 Å². The van der Waals surface area contributed by atoms with Crippen LogP contribution in [0.5, 0.6) is 0 Å². The Hall–Kier alpha value is 0. The molecule has 59 heavy (non-hydrogen) atoms. The smallest absolute Gasteiger partial charge is 0.0383 e. The third-order valence-corrected chi connectivity index (χ3v) is 12.7. The zero-order chi connectivity index (χ0) is 47.8. The van der Waals surface area contributed by atoms with Crippen molar-refractivity contribution in [3.63, 3.8) is 0 Å². The van der Waals surface area contributed by atoms with Gasteiger partial charge in [0, 0.05) is 0 Å². The SMILES string of the molecule is CC(C)C(C)C.CC1CCCCC1.CCC(C)C(C)CC.CCC(C)CC(C)C.CCCC(C)CC.CCCCC(C)(C)C.CCCCC(C)C.CCCCC(C)CC. The number of rotatable bonds is 19. The van der Waals surface area contributed by atoms with Gasteiger partial charge in [0.2, 0.25) is 0 Å². The fourth-order valence-corrected chi connectivity index (χ4v) is 5.86. The monoisotopic (exact) mass is 841 g/mol. The zero-order valence-electron chi connectivity index (χ0n) is 47.8. The predicted octanol–water partition coefficient (Wildman–Crippen LogP) is 23.2. The molecule has 5 unspecified atom stereocenters. The van der Waals surface area contributed by atoms with E-state index in [4.69, 9.17) is 0 Å². The van der Waals surface area contributed by atoms with E-state index in [2.05, 4.69) is 180 Å². The maximum absolute atomic E-state index is 2.36. The molecule has 0 aromatic heterocycles. The van der Waals surface area contributed by atoms with Gasteiger partial charge in [-0.15, -0.1) is 0 Å². The minimum Gasteiger partial charge on any atom is -0.0654 e. The molecule has 1 rings (SSSR count). The van der Waals surface area contributed by atoms with Crippen LogP contribution in [0, 0.1) is 64.6 Å². The molecule has 0 nitrogen and oxygen atoms in total. The maximum Gasteiger partial charge on any atom is -0.0383 e. The van der Waals surface area contributed by atoms with Gasteiger partial charge in [-0.3, -0.25) is 0 Å². The Morgan fingerprint density at radius 1 is 0.407 bits per heavy atom. The van der Waals surface area contributed by atoms with Crippen molar-refractivity contribution in [1.82, 2.24) is 0 Å². The Morgan fingerprint density at radius 2 is 0.780 bits per heavy atom. The highest BCUT2D eigenvalue weighted by molar-refractivity contribution is 4.61. The lowest BCUT2D eigenvalue weighted by atomic mass is 9.90. The van der Waals surface area contributed by atoms with Crippen LogP contribution >= 0.6 is 0 Å². The Morgan fingerprint density at radius 3 is 0.949 bits per heavy atom. The van der Waals surface area contributed by atoms with E-state index in [0.29, 0.717) is 5.41 Å². The van der Waals surface area contributed by atoms with Crippen molar-refractivity contribution >= 4 is 0 Å². The number of unbranched alkanes of at least 4 members (excludes halogenated alkanes) is 3. The first kappa shape index (κ1) is 73.4. The summed E-state index contributed by atoms with van der Waals surface area (Å²) >= 11 is 0. The van der Waals surface area contributed by atoms with Gasteiger partial charge in [-0.05, 0) is 77.4 Å². The lowest BCUT2D eigenvalue weighted by Crippen LogP contribution is -2.04. The van der Waals surface area contributed by atoms with Gasteiger partial charge in [-0.25, -0.2) is 0 Å². The number of hydrogen-bond acceptors (Lipinski definition) is 0. The zero-order valence-corrected chi connectivity index (χ0v) is 47.8. The van der Waals surface area contributed by atoms with Crippen LogP contribution in [0.3, 0.4) is 0 Å². The van der Waals surface area contributed by atoms with Crippen molar-refractivity contribution in [2.24, 2.45) is 64.6 Å². The Labute approximate surface area is 384 Å². The van der Waals surface area contributed by atoms with E-state index < -0.39 is 0 Å². The molecule has 0 heterocycles. The molecule has 0 saturated heterocycles. The summed E-state index contributed by atoms with van der Waals surface area (Å²) in [5.74, 6) is 9.18. The highest BCUT2D eigenvalue weighted by Crippen LogP contribution is 2.22. The van der Waals surface area contributed by atoms with Gasteiger partial charge in [-0.2, -0.15) is 0 Å². The lowest BCUT2D eigenvalue weighted by Gasteiger charge is -2.16. The van der Waals surface area contributed by atoms with E-state index >= 15 is 0 Å². The van der Waals surface area contributed by atoms with E-state index in [9.17, 15) is 0 Å². The molecular weight excluding hydrogens is 709 g/mol. The highest BCUT2D eigenvalue weighted by atomic mass is 14.1. The predicted molar refractivity (Wildman–Crippen MR) is 286 cm³/mol. The summed E-state index contributed by atoms with van der Waals surface area (Å²) in [4.78, 5) is 0. The quantitative estimate of drug-likeness (QED) is 0.122. The van der Waals surface area contributed by atoms with Crippen molar-refractivity contribution < 1.29 is 0 Å². The number of hydrogen-bond donors (Lipinski definition) is 0. The minimum atomic E-state index is 0.552. The molecule has 0 radical (unpaired) electrons. The van der Waals surface area contributed by atoms with Crippen molar-refractivity contribution in [3.05, 3.63) is 0 Å². The topological polar surface area (TPSA) is 0 Å². The van der Waals surface area contributed by atoms with Gasteiger partial charge >= 0.3 is 0 Å². The molecule has 0 amide bonds. The highest BCUT2D eigenvalue weighted by Gasteiger charge is 2.08. The molecule has 0 heteroatoms. The van der Waals surface area contributed by atoms with E-state index in [-0.39, 0.29) is 0 Å². The molecule has 5 atom stereocenters. The van der Waals surface area contributed by atoms with E-state index in [1.54, 1.807) is 0 Å². The Kier molecular flexibility index (Phi) is 69.7. The van der Waals surface area contributed by atoms with Gasteiger partial charge in [0.25, 0.3) is 0 Å². The van der Waals surface area contributed by atoms with Crippen LogP contribution in [-0.2, 0) is 0 Å². The molecule has 0 spiro atoms. The summed E-state index contributed by atoms with van der Waals surface area (Å²) in [7, 11) is 0. The molecule has 0 aromatic rings. The van der Waals surface area contributed by atoms with Gasteiger partial charge in [0.05, 0.1) is 0 Å². The van der Waals surface area contributed by atoms with Crippen LogP contribution in [0.2, 0.25) is 0 Å². The summed E-state index contributed by atoms with van der Waals surface area (Å²) in [5, 5.41) is 0. The van der Waals surface area contributed by atoms with Crippen LogP contribution < -0.4 is 0 Å². The third kappa shape index (κ3) is 86.0. The summed E-state index contributed by atoms with van der Waals surface area (Å²) in [6.07, 6.45) is 30.6. The van der Waals surface area contributed by atoms with Gasteiger partial charge in [0.1, 0.15) is 0 Å². The maximum atomic E-state index is 2.36. The van der Waals surface area contributed by atoms with E-state index in [1.165, 1.54) is 141 Å². The first-order chi connectivity index (χ1) is 27.4. The van der Waals surface area contributed by atoms with Crippen LogP contribution in [0.1, 0.15) is 321 Å². The average molecular weight is 842 g/mol. The van der Waals surface area contributed by atoms with E-state index in [1.807, 2.05) is 0 Å². The molecule has 1 fully saturated rings. The Bertz CT molecular complexity index is 639. The molecule has 1 aliphatic rings. The molecule has 1 aliphatic carbocycles. The second-order valence-electron chi connectivity index (χ2n) is 22.3. The molecule has 1 saturated carbocycles. The van der Waals surface area contributed by atoms with Crippen LogP contribution in [0.25, 0.3) is 0 Å². The molecule has 0 aromatic carbocycles.